The van der Waals surface area contributed by atoms with Crippen LogP contribution in [0.2, 0.25) is 0 Å². The van der Waals surface area contributed by atoms with Crippen molar-refractivity contribution in [2.75, 3.05) is 23.7 Å². The minimum atomic E-state index is 0.463. The van der Waals surface area contributed by atoms with Crippen molar-refractivity contribution in [3.05, 3.63) is 10.8 Å². The van der Waals surface area contributed by atoms with Crippen LogP contribution in [0.15, 0.2) is 6.07 Å². The summed E-state index contributed by atoms with van der Waals surface area (Å²) < 4.78 is 0.463. The van der Waals surface area contributed by atoms with E-state index < -0.39 is 0 Å². The summed E-state index contributed by atoms with van der Waals surface area (Å²) in [6.07, 6.45) is 3.77. The maximum absolute atomic E-state index is 5.68. The van der Waals surface area contributed by atoms with Gasteiger partial charge in [0.05, 0.1) is 0 Å². The van der Waals surface area contributed by atoms with Crippen LogP contribution in [0, 0.1) is 4.77 Å². The van der Waals surface area contributed by atoms with Crippen molar-refractivity contribution in [1.82, 2.24) is 9.97 Å². The lowest BCUT2D eigenvalue weighted by Crippen LogP contribution is -2.30. The van der Waals surface area contributed by atoms with Gasteiger partial charge in [-0.15, -0.1) is 0 Å². The molecule has 4 nitrogen and oxygen atoms in total. The van der Waals surface area contributed by atoms with E-state index in [0.29, 0.717) is 10.6 Å². The maximum atomic E-state index is 5.68. The maximum Gasteiger partial charge on any atom is 0.200 e. The Morgan fingerprint density at radius 3 is 2.71 bits per heavy atom. The fraction of sp³-hybridized carbons (Fsp3) is 0.556. The molecule has 2 rings (SSSR count). The molecule has 14 heavy (non-hydrogen) atoms. The zero-order valence-electron chi connectivity index (χ0n) is 7.99. The van der Waals surface area contributed by atoms with Gasteiger partial charge in [0.25, 0.3) is 0 Å². The average molecular weight is 210 g/mol. The first kappa shape index (κ1) is 9.45. The number of anilines is 2. The molecule has 1 aliphatic heterocycles. The fourth-order valence-electron chi connectivity index (χ4n) is 1.75. The summed E-state index contributed by atoms with van der Waals surface area (Å²) in [5, 5.41) is 0. The molecule has 1 saturated heterocycles. The topological polar surface area (TPSA) is 57.9 Å². The predicted octanol–water partition coefficient (Wildman–Crippen LogP) is 1.71. The van der Waals surface area contributed by atoms with Crippen LogP contribution in [0.4, 0.5) is 11.6 Å². The summed E-state index contributed by atoms with van der Waals surface area (Å²) in [5.41, 5.74) is 5.68. The van der Waals surface area contributed by atoms with Crippen molar-refractivity contribution >= 4 is 23.9 Å². The number of nitrogen functional groups attached to an aromatic ring is 1. The molecule has 2 heterocycles. The predicted molar refractivity (Wildman–Crippen MR) is 59.9 cm³/mol. The van der Waals surface area contributed by atoms with Gasteiger partial charge >= 0.3 is 0 Å². The Hall–Kier alpha value is -1.10. The zero-order valence-corrected chi connectivity index (χ0v) is 8.81. The third-order valence-electron chi connectivity index (χ3n) is 2.43. The molecule has 1 fully saturated rings. The van der Waals surface area contributed by atoms with Crippen molar-refractivity contribution < 1.29 is 0 Å². The van der Waals surface area contributed by atoms with Crippen molar-refractivity contribution in [3.8, 4) is 0 Å². The molecule has 0 aliphatic carbocycles. The number of aromatic nitrogens is 2. The SMILES string of the molecule is Nc1cc(N2CCCCC2)nc(=S)[nH]1. The number of nitrogens with two attached hydrogens (primary N) is 1. The Balaban J connectivity index is 2.26. The van der Waals surface area contributed by atoms with Gasteiger partial charge in [0.2, 0.25) is 0 Å². The lowest BCUT2D eigenvalue weighted by Gasteiger charge is -2.27. The Kier molecular flexibility index (Phi) is 2.67. The van der Waals surface area contributed by atoms with E-state index in [2.05, 4.69) is 14.9 Å². The van der Waals surface area contributed by atoms with E-state index in [1.807, 2.05) is 6.07 Å². The molecule has 0 saturated carbocycles. The molecule has 0 unspecified atom stereocenters. The molecule has 0 spiro atoms. The van der Waals surface area contributed by atoms with Crippen LogP contribution >= 0.6 is 12.2 Å². The number of H-pyrrole nitrogens is 1. The van der Waals surface area contributed by atoms with Crippen LogP contribution in [0.3, 0.4) is 0 Å². The Labute approximate surface area is 88.1 Å². The highest BCUT2D eigenvalue weighted by atomic mass is 32.1. The molecule has 1 aliphatic rings. The highest BCUT2D eigenvalue weighted by molar-refractivity contribution is 7.71. The molecule has 76 valence electrons. The monoisotopic (exact) mass is 210 g/mol. The Morgan fingerprint density at radius 1 is 1.36 bits per heavy atom. The van der Waals surface area contributed by atoms with E-state index in [0.717, 1.165) is 18.9 Å². The average Bonchev–Trinajstić information content (AvgIpc) is 2.18. The summed E-state index contributed by atoms with van der Waals surface area (Å²) in [4.78, 5) is 9.31. The van der Waals surface area contributed by atoms with Crippen LogP contribution < -0.4 is 10.6 Å². The van der Waals surface area contributed by atoms with Gasteiger partial charge in [-0.3, -0.25) is 0 Å². The van der Waals surface area contributed by atoms with E-state index >= 15 is 0 Å². The van der Waals surface area contributed by atoms with Crippen LogP contribution in [0.1, 0.15) is 19.3 Å². The largest absolute Gasteiger partial charge is 0.385 e. The van der Waals surface area contributed by atoms with Gasteiger partial charge in [0.15, 0.2) is 4.77 Å². The molecule has 0 atom stereocenters. The summed E-state index contributed by atoms with van der Waals surface area (Å²) in [7, 11) is 0. The lowest BCUT2D eigenvalue weighted by atomic mass is 10.1. The number of hydrogen-bond acceptors (Lipinski definition) is 4. The van der Waals surface area contributed by atoms with E-state index in [9.17, 15) is 0 Å². The summed E-state index contributed by atoms with van der Waals surface area (Å²) in [5.74, 6) is 1.50. The Morgan fingerprint density at radius 2 is 2.07 bits per heavy atom. The number of hydrogen-bond donors (Lipinski definition) is 2. The van der Waals surface area contributed by atoms with Crippen molar-refractivity contribution in [3.63, 3.8) is 0 Å². The van der Waals surface area contributed by atoms with Crippen molar-refractivity contribution in [2.45, 2.75) is 19.3 Å². The van der Waals surface area contributed by atoms with Crippen molar-refractivity contribution in [2.24, 2.45) is 0 Å². The van der Waals surface area contributed by atoms with Gasteiger partial charge < -0.3 is 15.6 Å². The molecule has 0 bridgehead atoms. The van der Waals surface area contributed by atoms with Gasteiger partial charge in [0, 0.05) is 19.2 Å². The number of piperidine rings is 1. The third kappa shape index (κ3) is 2.04. The Bertz CT molecular complexity index is 367. The van der Waals surface area contributed by atoms with Crippen LogP contribution in [0.25, 0.3) is 0 Å². The first-order chi connectivity index (χ1) is 6.75. The van der Waals surface area contributed by atoms with Crippen molar-refractivity contribution in [1.29, 1.82) is 0 Å². The highest BCUT2D eigenvalue weighted by Crippen LogP contribution is 2.18. The van der Waals surface area contributed by atoms with Gasteiger partial charge in [0.1, 0.15) is 11.6 Å². The molecule has 0 radical (unpaired) electrons. The smallest absolute Gasteiger partial charge is 0.200 e. The van der Waals surface area contributed by atoms with E-state index in [1.165, 1.54) is 19.3 Å². The second-order valence-corrected chi connectivity index (χ2v) is 3.93. The minimum Gasteiger partial charge on any atom is -0.385 e. The highest BCUT2D eigenvalue weighted by Gasteiger charge is 2.12. The zero-order chi connectivity index (χ0) is 9.97. The lowest BCUT2D eigenvalue weighted by molar-refractivity contribution is 0.573. The van der Waals surface area contributed by atoms with Crippen LogP contribution in [-0.2, 0) is 0 Å². The number of nitrogens with one attached hydrogen (secondary N) is 1. The summed E-state index contributed by atoms with van der Waals surface area (Å²) >= 11 is 4.98. The number of rotatable bonds is 1. The second-order valence-electron chi connectivity index (χ2n) is 3.55. The van der Waals surface area contributed by atoms with Gasteiger partial charge in [-0.2, -0.15) is 0 Å². The summed E-state index contributed by atoms with van der Waals surface area (Å²) in [6.45, 7) is 2.12. The first-order valence-corrected chi connectivity index (χ1v) is 5.28. The number of aromatic amines is 1. The standard InChI is InChI=1S/C9H14N4S/c10-7-6-8(12-9(14)11-7)13-4-2-1-3-5-13/h6H,1-5H2,(H3,10,11,12,14). The molecule has 5 heteroatoms. The number of nitrogens with zero attached hydrogens (tertiary/aromatic N) is 2. The van der Waals surface area contributed by atoms with Gasteiger partial charge in [-0.1, -0.05) is 0 Å². The molecular formula is C9H14N4S. The molecule has 1 aromatic heterocycles. The molecule has 0 amide bonds. The second kappa shape index (κ2) is 3.96. The van der Waals surface area contributed by atoms with Gasteiger partial charge in [-0.05, 0) is 31.5 Å². The third-order valence-corrected chi connectivity index (χ3v) is 2.63. The summed E-state index contributed by atoms with van der Waals surface area (Å²) in [6, 6.07) is 1.85. The van der Waals surface area contributed by atoms with Crippen LogP contribution in [0.5, 0.6) is 0 Å². The van der Waals surface area contributed by atoms with E-state index in [1.54, 1.807) is 0 Å². The minimum absolute atomic E-state index is 0.463. The normalized spacial score (nSPS) is 17.0. The fourth-order valence-corrected chi connectivity index (χ4v) is 1.96. The molecule has 3 N–H and O–H groups in total. The van der Waals surface area contributed by atoms with Gasteiger partial charge in [-0.25, -0.2) is 4.98 Å². The molecule has 1 aromatic rings. The molecule has 0 aromatic carbocycles. The van der Waals surface area contributed by atoms with E-state index in [4.69, 9.17) is 18.0 Å². The molecular weight excluding hydrogens is 196 g/mol. The first-order valence-electron chi connectivity index (χ1n) is 4.87. The van der Waals surface area contributed by atoms with E-state index in [-0.39, 0.29) is 0 Å². The van der Waals surface area contributed by atoms with Crippen LogP contribution in [-0.4, -0.2) is 23.1 Å². The quantitative estimate of drug-likeness (QED) is 0.693.